The lowest BCUT2D eigenvalue weighted by Crippen LogP contribution is -2.31. The van der Waals surface area contributed by atoms with Gasteiger partial charge in [-0.1, -0.05) is 19.4 Å². The molecule has 1 amide bonds. The Kier molecular flexibility index (Phi) is 7.33. The molecule has 178 valence electrons. The smallest absolute Gasteiger partial charge is 0.246 e. The number of hydrogen-bond donors (Lipinski definition) is 3. The number of nitrogens with zero attached hydrogens (tertiary/aromatic N) is 3. The Bertz CT molecular complexity index is 1020. The van der Waals surface area contributed by atoms with Gasteiger partial charge in [0.15, 0.2) is 0 Å². The number of hydroxylamine groups is 1. The second-order valence-corrected chi connectivity index (χ2v) is 9.09. The predicted molar refractivity (Wildman–Crippen MR) is 127 cm³/mol. The maximum Gasteiger partial charge on any atom is 0.246 e. The summed E-state index contributed by atoms with van der Waals surface area (Å²) in [4.78, 5) is 16.7. The number of amidine groups is 1. The summed E-state index contributed by atoms with van der Waals surface area (Å²) in [5.41, 5.74) is 7.18. The average molecular weight is 454 g/mol. The van der Waals surface area contributed by atoms with E-state index >= 15 is 0 Å². The topological polar surface area (TPSA) is 101 Å². The number of fused-ring (bicyclic) bond motifs is 1. The second kappa shape index (κ2) is 10.4. The number of nitrogens with one attached hydrogen (secondary N) is 2. The molecule has 1 saturated carbocycles. The van der Waals surface area contributed by atoms with Gasteiger partial charge in [0.1, 0.15) is 17.3 Å². The van der Waals surface area contributed by atoms with Crippen LogP contribution in [-0.4, -0.2) is 33.3 Å². The van der Waals surface area contributed by atoms with Gasteiger partial charge in [-0.3, -0.25) is 14.7 Å². The first-order valence-electron chi connectivity index (χ1n) is 12.1. The van der Waals surface area contributed by atoms with Crippen LogP contribution < -0.4 is 15.5 Å². The first-order chi connectivity index (χ1) is 16.0. The van der Waals surface area contributed by atoms with Crippen LogP contribution in [0.2, 0.25) is 0 Å². The highest BCUT2D eigenvalue weighted by molar-refractivity contribution is 6.03. The van der Waals surface area contributed by atoms with Crippen molar-refractivity contribution in [1.29, 1.82) is 0 Å². The van der Waals surface area contributed by atoms with E-state index in [1.54, 1.807) is 5.48 Å². The van der Waals surface area contributed by atoms with E-state index < -0.39 is 0 Å². The summed E-state index contributed by atoms with van der Waals surface area (Å²) >= 11 is 0. The van der Waals surface area contributed by atoms with Gasteiger partial charge >= 0.3 is 0 Å². The fraction of sp³-hybridized carbons (Fsp3) is 0.560. The fourth-order valence-corrected chi connectivity index (χ4v) is 5.04. The van der Waals surface area contributed by atoms with Crippen LogP contribution in [0.5, 0.6) is 5.75 Å². The minimum atomic E-state index is -0.254. The summed E-state index contributed by atoms with van der Waals surface area (Å²) in [6, 6.07) is 6.39. The zero-order valence-corrected chi connectivity index (χ0v) is 19.9. The summed E-state index contributed by atoms with van der Waals surface area (Å²) in [6.07, 6.45) is 6.51. The number of rotatable bonds is 8. The molecule has 0 bridgehead atoms. The number of amides is 1. The van der Waals surface area contributed by atoms with Gasteiger partial charge in [-0.25, -0.2) is 10.5 Å². The molecule has 1 aliphatic carbocycles. The van der Waals surface area contributed by atoms with E-state index in [-0.39, 0.29) is 11.8 Å². The normalized spacial score (nSPS) is 19.9. The van der Waals surface area contributed by atoms with Crippen molar-refractivity contribution < 1.29 is 14.7 Å². The summed E-state index contributed by atoms with van der Waals surface area (Å²) in [5, 5.41) is 17.1. The highest BCUT2D eigenvalue weighted by atomic mass is 16.5. The van der Waals surface area contributed by atoms with Crippen molar-refractivity contribution in [3.8, 4) is 5.75 Å². The molecule has 1 aromatic heterocycles. The molecule has 2 aliphatic rings. The first-order valence-corrected chi connectivity index (χ1v) is 12.1. The lowest BCUT2D eigenvalue weighted by atomic mass is 9.79. The van der Waals surface area contributed by atoms with Crippen LogP contribution >= 0.6 is 0 Å². The third-order valence-electron chi connectivity index (χ3n) is 6.79. The number of benzene rings is 1. The molecule has 1 aromatic carbocycles. The van der Waals surface area contributed by atoms with Crippen molar-refractivity contribution >= 4 is 17.4 Å². The van der Waals surface area contributed by atoms with Gasteiger partial charge in [-0.2, -0.15) is 5.10 Å². The molecule has 8 heteroatoms. The van der Waals surface area contributed by atoms with E-state index in [9.17, 15) is 4.79 Å². The molecule has 33 heavy (non-hydrogen) atoms. The minimum absolute atomic E-state index is 0.0751. The van der Waals surface area contributed by atoms with Gasteiger partial charge in [0, 0.05) is 13.0 Å². The Hall–Kier alpha value is -2.87. The lowest BCUT2D eigenvalue weighted by Gasteiger charge is -2.27. The summed E-state index contributed by atoms with van der Waals surface area (Å²) < 4.78 is 7.88. The van der Waals surface area contributed by atoms with E-state index in [0.29, 0.717) is 19.1 Å². The van der Waals surface area contributed by atoms with Gasteiger partial charge in [-0.15, -0.1) is 0 Å². The van der Waals surface area contributed by atoms with Crippen molar-refractivity contribution in [3.63, 3.8) is 0 Å². The largest absolute Gasteiger partial charge is 0.493 e. The van der Waals surface area contributed by atoms with Crippen LogP contribution in [0.3, 0.4) is 0 Å². The molecular formula is C25H35N5O3. The van der Waals surface area contributed by atoms with Crippen LogP contribution in [-0.2, 0) is 31.2 Å². The van der Waals surface area contributed by atoms with E-state index in [0.717, 1.165) is 79.2 Å². The summed E-state index contributed by atoms with van der Waals surface area (Å²) in [7, 11) is 1.98. The quantitative estimate of drug-likeness (QED) is 0.417. The van der Waals surface area contributed by atoms with E-state index in [1.165, 1.54) is 5.56 Å². The Morgan fingerprint density at radius 1 is 1.27 bits per heavy atom. The highest BCUT2D eigenvalue weighted by Crippen LogP contribution is 2.34. The van der Waals surface area contributed by atoms with Crippen LogP contribution in [0, 0.1) is 11.8 Å². The minimum Gasteiger partial charge on any atom is -0.493 e. The third-order valence-corrected chi connectivity index (χ3v) is 6.79. The highest BCUT2D eigenvalue weighted by Gasteiger charge is 2.27. The number of carbonyl (C=O) groups excluding carboxylic acids is 1. The third kappa shape index (κ3) is 5.05. The van der Waals surface area contributed by atoms with Gasteiger partial charge in [-0.05, 0) is 69.1 Å². The molecule has 4 rings (SSSR count). The maximum absolute atomic E-state index is 11.7. The molecule has 0 unspecified atom stereocenters. The number of hydrogen-bond acceptors (Lipinski definition) is 6. The molecule has 0 saturated heterocycles. The number of carbonyl (C=O) groups is 1. The monoisotopic (exact) mass is 453 g/mol. The molecular weight excluding hydrogens is 418 g/mol. The number of aromatic nitrogens is 2. The van der Waals surface area contributed by atoms with E-state index in [1.807, 2.05) is 18.7 Å². The Morgan fingerprint density at radius 2 is 2.06 bits per heavy atom. The Labute approximate surface area is 195 Å². The van der Waals surface area contributed by atoms with Crippen molar-refractivity contribution in [3.05, 3.63) is 40.7 Å². The molecule has 2 aromatic rings. The van der Waals surface area contributed by atoms with Crippen LogP contribution in [0.4, 0.5) is 5.69 Å². The molecule has 1 aliphatic heterocycles. The molecule has 1 fully saturated rings. The molecule has 0 radical (unpaired) electrons. The standard InChI is InChI=1S/C25H35N5O3/c1-4-6-20-23-21(30(3)28-20)15-26-24(27-23)19-14-17(9-12-22(19)33-5-2)13-16-7-10-18(11-8-16)25(31)29-32/h9,12,14,16,18,32H,4-8,10-11,13,15H2,1-3H3,(H,26,27)(H,29,31)/t16-,18+. The molecule has 0 atom stereocenters. The van der Waals surface area contributed by atoms with E-state index in [4.69, 9.17) is 14.9 Å². The van der Waals surface area contributed by atoms with Gasteiger partial charge in [0.05, 0.1) is 30.1 Å². The SMILES string of the molecule is CCCc1nn(C)c2c1N=C(c1cc(C[C@H]3CC[C@@H](C(=O)NO)CC3)ccc1OCC)NC2. The Balaban J connectivity index is 1.57. The zero-order chi connectivity index (χ0) is 23.4. The number of aryl methyl sites for hydroxylation is 2. The molecule has 8 nitrogen and oxygen atoms in total. The van der Waals surface area contributed by atoms with Crippen molar-refractivity contribution in [2.24, 2.45) is 23.9 Å². The second-order valence-electron chi connectivity index (χ2n) is 9.09. The number of ether oxygens (including phenoxy) is 1. The van der Waals surface area contributed by atoms with Gasteiger partial charge in [0.2, 0.25) is 5.91 Å². The van der Waals surface area contributed by atoms with Gasteiger partial charge in [0.25, 0.3) is 0 Å². The van der Waals surface area contributed by atoms with Crippen molar-refractivity contribution in [1.82, 2.24) is 20.6 Å². The molecule has 2 heterocycles. The Morgan fingerprint density at radius 3 is 2.76 bits per heavy atom. The molecule has 0 spiro atoms. The summed E-state index contributed by atoms with van der Waals surface area (Å²) in [6.45, 7) is 5.43. The zero-order valence-electron chi connectivity index (χ0n) is 19.9. The average Bonchev–Trinajstić information content (AvgIpc) is 3.15. The maximum atomic E-state index is 11.7. The van der Waals surface area contributed by atoms with Crippen molar-refractivity contribution in [2.45, 2.75) is 65.3 Å². The summed E-state index contributed by atoms with van der Waals surface area (Å²) in [5.74, 6) is 1.87. The van der Waals surface area contributed by atoms with Crippen LogP contribution in [0.25, 0.3) is 0 Å². The molecule has 3 N–H and O–H groups in total. The van der Waals surface area contributed by atoms with E-state index in [2.05, 4.69) is 35.5 Å². The number of aliphatic imine (C=N–C) groups is 1. The van der Waals surface area contributed by atoms with Crippen LogP contribution in [0.1, 0.15) is 68.5 Å². The van der Waals surface area contributed by atoms with Gasteiger partial charge < -0.3 is 10.1 Å². The van der Waals surface area contributed by atoms with Crippen molar-refractivity contribution in [2.75, 3.05) is 6.61 Å². The fourth-order valence-electron chi connectivity index (χ4n) is 5.04. The first kappa shape index (κ1) is 23.3. The lowest BCUT2D eigenvalue weighted by molar-refractivity contribution is -0.134. The predicted octanol–water partition coefficient (Wildman–Crippen LogP) is 3.81. The van der Waals surface area contributed by atoms with Crippen LogP contribution in [0.15, 0.2) is 23.2 Å².